The van der Waals surface area contributed by atoms with E-state index in [1.807, 2.05) is 30.3 Å². The van der Waals surface area contributed by atoms with Gasteiger partial charge in [0.05, 0.1) is 5.52 Å². The topological polar surface area (TPSA) is 103 Å². The fraction of sp³-hybridized carbons (Fsp3) is 0. The standard InChI is InChI=1S/C13H12N6S/c14-10-12(19-15)17-7-18-13(10)20-9-5-1-3-8-4-2-6-16-11(8)9/h1-7H,14-15H2,(H,17,18,19). The maximum Gasteiger partial charge on any atom is 0.167 e. The zero-order valence-electron chi connectivity index (χ0n) is 10.4. The summed E-state index contributed by atoms with van der Waals surface area (Å²) in [5, 5.41) is 1.72. The Morgan fingerprint density at radius 2 is 1.90 bits per heavy atom. The molecule has 0 atom stereocenters. The number of nitrogen functional groups attached to an aromatic ring is 2. The van der Waals surface area contributed by atoms with Gasteiger partial charge in [-0.15, -0.1) is 0 Å². The van der Waals surface area contributed by atoms with Gasteiger partial charge in [-0.2, -0.15) is 0 Å². The Balaban J connectivity index is 2.06. The number of fused-ring (bicyclic) bond motifs is 1. The van der Waals surface area contributed by atoms with Gasteiger partial charge >= 0.3 is 0 Å². The number of nitrogens with zero attached hydrogens (tertiary/aromatic N) is 3. The monoisotopic (exact) mass is 284 g/mol. The van der Waals surface area contributed by atoms with Crippen LogP contribution in [0.4, 0.5) is 11.5 Å². The molecule has 0 radical (unpaired) electrons. The van der Waals surface area contributed by atoms with Crippen LogP contribution in [0, 0.1) is 0 Å². The van der Waals surface area contributed by atoms with E-state index in [4.69, 9.17) is 11.6 Å². The van der Waals surface area contributed by atoms with Crippen molar-refractivity contribution < 1.29 is 0 Å². The summed E-state index contributed by atoms with van der Waals surface area (Å²) >= 11 is 1.44. The molecule has 0 unspecified atom stereocenters. The van der Waals surface area contributed by atoms with E-state index in [0.717, 1.165) is 15.8 Å². The minimum Gasteiger partial charge on any atom is -0.393 e. The molecule has 0 saturated heterocycles. The highest BCUT2D eigenvalue weighted by Crippen LogP contribution is 2.35. The van der Waals surface area contributed by atoms with Gasteiger partial charge in [-0.25, -0.2) is 15.8 Å². The van der Waals surface area contributed by atoms with E-state index >= 15 is 0 Å². The lowest BCUT2D eigenvalue weighted by Crippen LogP contribution is -2.11. The van der Waals surface area contributed by atoms with E-state index in [9.17, 15) is 0 Å². The largest absolute Gasteiger partial charge is 0.393 e. The van der Waals surface area contributed by atoms with Crippen LogP contribution >= 0.6 is 11.8 Å². The number of rotatable bonds is 3. The number of aromatic nitrogens is 3. The molecule has 0 bridgehead atoms. The van der Waals surface area contributed by atoms with Gasteiger partial charge in [0.25, 0.3) is 0 Å². The number of hydrogen-bond acceptors (Lipinski definition) is 7. The summed E-state index contributed by atoms with van der Waals surface area (Å²) in [6.07, 6.45) is 3.19. The van der Waals surface area contributed by atoms with Crippen molar-refractivity contribution in [2.45, 2.75) is 9.92 Å². The number of anilines is 2. The first-order chi connectivity index (χ1) is 9.79. The number of nitrogens with two attached hydrogens (primary N) is 2. The maximum absolute atomic E-state index is 5.98. The summed E-state index contributed by atoms with van der Waals surface area (Å²) in [5.74, 6) is 5.77. The molecule has 2 aromatic heterocycles. The Morgan fingerprint density at radius 3 is 2.75 bits per heavy atom. The Labute approximate surface area is 119 Å². The Morgan fingerprint density at radius 1 is 1.05 bits per heavy atom. The van der Waals surface area contributed by atoms with Gasteiger partial charge in [-0.1, -0.05) is 30.0 Å². The summed E-state index contributed by atoms with van der Waals surface area (Å²) in [4.78, 5) is 13.5. The van der Waals surface area contributed by atoms with Gasteiger partial charge < -0.3 is 11.2 Å². The molecule has 1 aromatic carbocycles. The van der Waals surface area contributed by atoms with Gasteiger partial charge in [0, 0.05) is 16.5 Å². The molecular formula is C13H12N6S. The van der Waals surface area contributed by atoms with Crippen LogP contribution < -0.4 is 17.0 Å². The van der Waals surface area contributed by atoms with Crippen molar-refractivity contribution in [2.24, 2.45) is 5.84 Å². The molecule has 3 aromatic rings. The highest BCUT2D eigenvalue weighted by atomic mass is 32.2. The van der Waals surface area contributed by atoms with Crippen molar-refractivity contribution >= 4 is 34.2 Å². The molecule has 7 heteroatoms. The highest BCUT2D eigenvalue weighted by Gasteiger charge is 2.11. The van der Waals surface area contributed by atoms with Gasteiger partial charge in [0.1, 0.15) is 17.0 Å². The predicted molar refractivity (Wildman–Crippen MR) is 80.1 cm³/mol. The number of pyridine rings is 1. The summed E-state index contributed by atoms with van der Waals surface area (Å²) in [5.41, 5.74) is 9.77. The van der Waals surface area contributed by atoms with Crippen molar-refractivity contribution in [2.75, 3.05) is 11.2 Å². The Bertz CT molecular complexity index is 755. The number of hydrazine groups is 1. The zero-order valence-corrected chi connectivity index (χ0v) is 11.3. The molecule has 3 rings (SSSR count). The second kappa shape index (κ2) is 5.32. The molecule has 0 aliphatic heterocycles. The van der Waals surface area contributed by atoms with Crippen molar-refractivity contribution in [3.63, 3.8) is 0 Å². The second-order valence-electron chi connectivity index (χ2n) is 4.02. The Kier molecular flexibility index (Phi) is 3.36. The van der Waals surface area contributed by atoms with Crippen molar-refractivity contribution in [3.8, 4) is 0 Å². The average molecular weight is 284 g/mol. The third-order valence-corrected chi connectivity index (χ3v) is 3.85. The van der Waals surface area contributed by atoms with Crippen LogP contribution in [0.25, 0.3) is 10.9 Å². The lowest BCUT2D eigenvalue weighted by atomic mass is 10.2. The highest BCUT2D eigenvalue weighted by molar-refractivity contribution is 7.99. The van der Waals surface area contributed by atoms with E-state index < -0.39 is 0 Å². The van der Waals surface area contributed by atoms with Crippen LogP contribution in [0.1, 0.15) is 0 Å². The smallest absolute Gasteiger partial charge is 0.167 e. The minimum atomic E-state index is 0.413. The first kappa shape index (κ1) is 12.6. The maximum atomic E-state index is 5.98. The van der Waals surface area contributed by atoms with Gasteiger partial charge in [-0.05, 0) is 12.1 Å². The van der Waals surface area contributed by atoms with E-state index in [1.54, 1.807) is 6.20 Å². The SMILES string of the molecule is NNc1ncnc(Sc2cccc3cccnc23)c1N. The molecule has 100 valence electrons. The molecule has 20 heavy (non-hydrogen) atoms. The molecule has 0 aliphatic carbocycles. The summed E-state index contributed by atoms with van der Waals surface area (Å²) in [6, 6.07) is 9.90. The number of nitrogens with one attached hydrogen (secondary N) is 1. The molecule has 2 heterocycles. The quantitative estimate of drug-likeness (QED) is 0.384. The van der Waals surface area contributed by atoms with E-state index in [-0.39, 0.29) is 0 Å². The third-order valence-electron chi connectivity index (χ3n) is 2.79. The molecule has 5 N–H and O–H groups in total. The van der Waals surface area contributed by atoms with E-state index in [2.05, 4.69) is 20.4 Å². The first-order valence-corrected chi connectivity index (χ1v) is 6.70. The number of benzene rings is 1. The number of hydrogen-bond donors (Lipinski definition) is 3. The molecular weight excluding hydrogens is 272 g/mol. The van der Waals surface area contributed by atoms with E-state index in [0.29, 0.717) is 16.5 Å². The molecule has 6 nitrogen and oxygen atoms in total. The minimum absolute atomic E-state index is 0.413. The fourth-order valence-electron chi connectivity index (χ4n) is 1.84. The molecule has 0 saturated carbocycles. The lowest BCUT2D eigenvalue weighted by Gasteiger charge is -2.09. The van der Waals surface area contributed by atoms with Gasteiger partial charge in [-0.3, -0.25) is 4.98 Å². The van der Waals surface area contributed by atoms with Crippen LogP contribution in [0.5, 0.6) is 0 Å². The summed E-state index contributed by atoms with van der Waals surface area (Å²) < 4.78 is 0. The van der Waals surface area contributed by atoms with Crippen LogP contribution in [0.15, 0.2) is 52.8 Å². The second-order valence-corrected chi connectivity index (χ2v) is 5.05. The molecule has 0 aliphatic rings. The molecule has 0 fully saturated rings. The predicted octanol–water partition coefficient (Wildman–Crippen LogP) is 2.04. The van der Waals surface area contributed by atoms with Crippen molar-refractivity contribution in [1.82, 2.24) is 15.0 Å². The van der Waals surface area contributed by atoms with Gasteiger partial charge in [0.15, 0.2) is 5.82 Å². The molecule has 0 amide bonds. The lowest BCUT2D eigenvalue weighted by molar-refractivity contribution is 1.05. The average Bonchev–Trinajstić information content (AvgIpc) is 2.50. The number of para-hydroxylation sites is 1. The van der Waals surface area contributed by atoms with Crippen molar-refractivity contribution in [1.29, 1.82) is 0 Å². The molecule has 0 spiro atoms. The van der Waals surface area contributed by atoms with Crippen LogP contribution in [0.3, 0.4) is 0 Å². The van der Waals surface area contributed by atoms with Crippen molar-refractivity contribution in [3.05, 3.63) is 42.9 Å². The van der Waals surface area contributed by atoms with E-state index in [1.165, 1.54) is 18.1 Å². The third kappa shape index (κ3) is 2.24. The summed E-state index contributed by atoms with van der Waals surface area (Å²) in [6.45, 7) is 0. The van der Waals surface area contributed by atoms with Gasteiger partial charge in [0.2, 0.25) is 0 Å². The normalized spacial score (nSPS) is 10.7. The fourth-order valence-corrected chi connectivity index (χ4v) is 2.77. The van der Waals surface area contributed by atoms with Crippen LogP contribution in [-0.2, 0) is 0 Å². The summed E-state index contributed by atoms with van der Waals surface area (Å²) in [7, 11) is 0. The zero-order chi connectivity index (χ0) is 13.9. The Hall–Kier alpha value is -2.38. The van der Waals surface area contributed by atoms with Crippen LogP contribution in [-0.4, -0.2) is 15.0 Å². The van der Waals surface area contributed by atoms with Crippen LogP contribution in [0.2, 0.25) is 0 Å². The first-order valence-electron chi connectivity index (χ1n) is 5.88.